The number of carbonyl (C=O) groups excluding carboxylic acids is 1. The van der Waals surface area contributed by atoms with E-state index in [9.17, 15) is 18.0 Å². The summed E-state index contributed by atoms with van der Waals surface area (Å²) in [5.41, 5.74) is 1.52. The zero-order chi connectivity index (χ0) is 22.0. The average Bonchev–Trinajstić information content (AvgIpc) is 3.40. The van der Waals surface area contributed by atoms with E-state index in [1.54, 1.807) is 19.1 Å². The molecule has 1 amide bonds. The molecular weight excluding hydrogens is 417 g/mol. The summed E-state index contributed by atoms with van der Waals surface area (Å²) in [5.74, 6) is -0.283. The van der Waals surface area contributed by atoms with Crippen molar-refractivity contribution in [1.29, 1.82) is 0 Å². The highest BCUT2D eigenvalue weighted by Crippen LogP contribution is 2.27. The van der Waals surface area contributed by atoms with Crippen LogP contribution in [0.4, 0.5) is 13.2 Å². The molecular formula is C20H15F3N4O4. The summed E-state index contributed by atoms with van der Waals surface area (Å²) in [6.45, 7) is 0.0769. The average molecular weight is 432 g/mol. The summed E-state index contributed by atoms with van der Waals surface area (Å²) in [7, 11) is 0. The summed E-state index contributed by atoms with van der Waals surface area (Å²) >= 11 is 0. The van der Waals surface area contributed by atoms with Gasteiger partial charge in [-0.1, -0.05) is 11.2 Å². The van der Waals surface area contributed by atoms with Gasteiger partial charge in [-0.3, -0.25) is 4.79 Å². The molecule has 0 radical (unpaired) electrons. The molecule has 160 valence electrons. The Morgan fingerprint density at radius 3 is 2.84 bits per heavy atom. The molecule has 0 aliphatic rings. The number of aryl methyl sites for hydroxylation is 1. The molecule has 1 N–H and O–H groups in total. The number of alkyl halides is 3. The Kier molecular flexibility index (Phi) is 5.32. The van der Waals surface area contributed by atoms with Crippen molar-refractivity contribution in [2.24, 2.45) is 0 Å². The number of amides is 1. The number of aromatic nitrogens is 3. The molecule has 4 aromatic rings. The number of carbonyl (C=O) groups is 1. The second kappa shape index (κ2) is 8.09. The van der Waals surface area contributed by atoms with Gasteiger partial charge in [-0.15, -0.1) is 0 Å². The lowest BCUT2D eigenvalue weighted by Crippen LogP contribution is -2.25. The van der Waals surface area contributed by atoms with Crippen molar-refractivity contribution in [1.82, 2.24) is 20.4 Å². The molecule has 0 saturated carbocycles. The molecule has 0 aromatic carbocycles. The molecule has 31 heavy (non-hydrogen) atoms. The van der Waals surface area contributed by atoms with Crippen LogP contribution in [0.5, 0.6) is 5.88 Å². The summed E-state index contributed by atoms with van der Waals surface area (Å²) in [6, 6.07) is 7.94. The Labute approximate surface area is 173 Å². The van der Waals surface area contributed by atoms with Crippen molar-refractivity contribution >= 4 is 17.0 Å². The van der Waals surface area contributed by atoms with E-state index >= 15 is 0 Å². The summed E-state index contributed by atoms with van der Waals surface area (Å²) in [5, 5.41) is 6.95. The minimum absolute atomic E-state index is 0.107. The van der Waals surface area contributed by atoms with Crippen LogP contribution in [0.2, 0.25) is 0 Å². The van der Waals surface area contributed by atoms with E-state index < -0.39 is 18.7 Å². The van der Waals surface area contributed by atoms with Gasteiger partial charge in [0.2, 0.25) is 5.88 Å². The van der Waals surface area contributed by atoms with Crippen LogP contribution in [-0.2, 0) is 6.54 Å². The fraction of sp³-hybridized carbons (Fsp3) is 0.200. The molecule has 8 nitrogen and oxygen atoms in total. The molecule has 0 aliphatic heterocycles. The molecule has 11 heteroatoms. The Balaban J connectivity index is 1.59. The van der Waals surface area contributed by atoms with Crippen LogP contribution >= 0.6 is 0 Å². The minimum Gasteiger partial charge on any atom is -0.468 e. The van der Waals surface area contributed by atoms with Crippen LogP contribution in [0.1, 0.15) is 21.6 Å². The number of pyridine rings is 2. The fourth-order valence-electron chi connectivity index (χ4n) is 2.93. The topological polar surface area (TPSA) is 103 Å². The van der Waals surface area contributed by atoms with E-state index in [2.05, 4.69) is 20.4 Å². The van der Waals surface area contributed by atoms with E-state index in [4.69, 9.17) is 13.7 Å². The van der Waals surface area contributed by atoms with Gasteiger partial charge in [0.05, 0.1) is 22.9 Å². The van der Waals surface area contributed by atoms with Crippen molar-refractivity contribution < 1.29 is 31.6 Å². The number of ether oxygens (including phenoxy) is 1. The van der Waals surface area contributed by atoms with Crippen LogP contribution in [0, 0.1) is 6.92 Å². The molecule has 0 spiro atoms. The lowest BCUT2D eigenvalue weighted by Gasteiger charge is -2.13. The quantitative estimate of drug-likeness (QED) is 0.490. The van der Waals surface area contributed by atoms with Gasteiger partial charge in [0.15, 0.2) is 12.4 Å². The number of halogens is 3. The lowest BCUT2D eigenvalue weighted by atomic mass is 10.1. The predicted octanol–water partition coefficient (Wildman–Crippen LogP) is 4.06. The number of hydrogen-bond donors (Lipinski definition) is 1. The third-order valence-corrected chi connectivity index (χ3v) is 4.30. The maximum absolute atomic E-state index is 13.0. The van der Waals surface area contributed by atoms with E-state index in [0.717, 1.165) is 0 Å². The van der Waals surface area contributed by atoms with Crippen LogP contribution < -0.4 is 10.1 Å². The largest absolute Gasteiger partial charge is 0.468 e. The van der Waals surface area contributed by atoms with Gasteiger partial charge in [-0.2, -0.15) is 13.2 Å². The Bertz CT molecular complexity index is 1220. The smallest absolute Gasteiger partial charge is 0.422 e. The first-order chi connectivity index (χ1) is 14.8. The maximum Gasteiger partial charge on any atom is 0.422 e. The van der Waals surface area contributed by atoms with Crippen molar-refractivity contribution in [3.05, 3.63) is 59.6 Å². The first kappa shape index (κ1) is 20.4. The lowest BCUT2D eigenvalue weighted by molar-refractivity contribution is -0.154. The Morgan fingerprint density at radius 1 is 1.26 bits per heavy atom. The molecule has 0 bridgehead atoms. The Hall–Kier alpha value is -3.89. The summed E-state index contributed by atoms with van der Waals surface area (Å²) in [6.07, 6.45) is -1.73. The number of hydrogen-bond acceptors (Lipinski definition) is 7. The van der Waals surface area contributed by atoms with Crippen molar-refractivity contribution in [3.63, 3.8) is 0 Å². The van der Waals surface area contributed by atoms with Gasteiger partial charge in [-0.05, 0) is 31.2 Å². The fourth-order valence-corrected chi connectivity index (χ4v) is 2.93. The van der Waals surface area contributed by atoms with Gasteiger partial charge in [0.25, 0.3) is 11.6 Å². The molecule has 0 aliphatic carbocycles. The monoisotopic (exact) mass is 432 g/mol. The molecule has 4 aromatic heterocycles. The van der Waals surface area contributed by atoms with E-state index in [0.29, 0.717) is 28.1 Å². The van der Waals surface area contributed by atoms with Gasteiger partial charge >= 0.3 is 6.18 Å². The molecule has 4 rings (SSSR count). The highest BCUT2D eigenvalue weighted by molar-refractivity contribution is 6.06. The number of furan rings is 1. The summed E-state index contributed by atoms with van der Waals surface area (Å²) in [4.78, 5) is 21.1. The molecule has 0 unspecified atom stereocenters. The second-order valence-electron chi connectivity index (χ2n) is 6.53. The maximum atomic E-state index is 13.0. The van der Waals surface area contributed by atoms with E-state index in [1.165, 1.54) is 30.7 Å². The summed E-state index contributed by atoms with van der Waals surface area (Å²) < 4.78 is 52.7. The highest BCUT2D eigenvalue weighted by atomic mass is 19.4. The van der Waals surface area contributed by atoms with Crippen LogP contribution in [0.3, 0.4) is 0 Å². The predicted molar refractivity (Wildman–Crippen MR) is 101 cm³/mol. The number of nitrogens with zero attached hydrogens (tertiary/aromatic N) is 3. The van der Waals surface area contributed by atoms with Gasteiger partial charge < -0.3 is 19.0 Å². The third kappa shape index (κ3) is 4.49. The van der Waals surface area contributed by atoms with Crippen molar-refractivity contribution in [2.45, 2.75) is 19.6 Å². The first-order valence-electron chi connectivity index (χ1n) is 9.04. The van der Waals surface area contributed by atoms with E-state index in [1.807, 2.05) is 0 Å². The number of rotatable bonds is 6. The number of nitrogens with one attached hydrogen (secondary N) is 1. The van der Waals surface area contributed by atoms with Gasteiger partial charge in [0.1, 0.15) is 5.69 Å². The zero-order valence-electron chi connectivity index (χ0n) is 16.1. The molecule has 0 fully saturated rings. The second-order valence-corrected chi connectivity index (χ2v) is 6.53. The molecule has 0 saturated heterocycles. The number of fused-ring (bicyclic) bond motifs is 1. The normalized spacial score (nSPS) is 11.6. The van der Waals surface area contributed by atoms with Crippen molar-refractivity contribution in [2.75, 3.05) is 6.61 Å². The molecule has 0 atom stereocenters. The molecule has 4 heterocycles. The van der Waals surface area contributed by atoms with Gasteiger partial charge in [0, 0.05) is 18.3 Å². The minimum atomic E-state index is -4.51. The van der Waals surface area contributed by atoms with Gasteiger partial charge in [-0.25, -0.2) is 9.97 Å². The van der Waals surface area contributed by atoms with Crippen LogP contribution in [-0.4, -0.2) is 33.8 Å². The SMILES string of the molecule is Cc1noc2nc(-c3ccco3)cc(C(=O)NCc3cccnc3OCC(F)(F)F)c12. The van der Waals surface area contributed by atoms with Crippen LogP contribution in [0.25, 0.3) is 22.6 Å². The highest BCUT2D eigenvalue weighted by Gasteiger charge is 2.29. The van der Waals surface area contributed by atoms with Crippen molar-refractivity contribution in [3.8, 4) is 17.3 Å². The Morgan fingerprint density at radius 2 is 2.10 bits per heavy atom. The van der Waals surface area contributed by atoms with Crippen LogP contribution in [0.15, 0.2) is 51.7 Å². The first-order valence-corrected chi connectivity index (χ1v) is 9.04. The third-order valence-electron chi connectivity index (χ3n) is 4.30. The zero-order valence-corrected chi connectivity index (χ0v) is 16.1. The van der Waals surface area contributed by atoms with E-state index in [-0.39, 0.29) is 23.7 Å². The standard InChI is InChI=1S/C20H15F3N4O4/c1-11-16-13(8-14(15-5-3-7-29-15)26-19(16)31-27-11)17(28)25-9-12-4-2-6-24-18(12)30-10-20(21,22)23/h2-8H,9-10H2,1H3,(H,25,28).